The van der Waals surface area contributed by atoms with Crippen LogP contribution in [0.3, 0.4) is 0 Å². The minimum atomic E-state index is 0.197. The second-order valence-electron chi connectivity index (χ2n) is 4.35. The van der Waals surface area contributed by atoms with Gasteiger partial charge in [-0.3, -0.25) is 0 Å². The number of aryl methyl sites for hydroxylation is 2. The predicted octanol–water partition coefficient (Wildman–Crippen LogP) is 3.56. The second-order valence-corrected chi connectivity index (χ2v) is 5.80. The molecule has 19 heavy (non-hydrogen) atoms. The molecule has 0 amide bonds. The van der Waals surface area contributed by atoms with E-state index in [2.05, 4.69) is 24.0 Å². The molecule has 0 fully saturated rings. The monoisotopic (exact) mass is 278 g/mol. The lowest BCUT2D eigenvalue weighted by molar-refractivity contribution is 0.343. The molecule has 0 unspecified atom stereocenters. The Kier molecular flexibility index (Phi) is 4.85. The molecule has 5 heteroatoms. The van der Waals surface area contributed by atoms with Gasteiger partial charge < -0.3 is 9.26 Å². The summed E-state index contributed by atoms with van der Waals surface area (Å²) in [4.78, 5) is 4.22. The highest BCUT2D eigenvalue weighted by Crippen LogP contribution is 2.26. The molecule has 1 aromatic heterocycles. The van der Waals surface area contributed by atoms with Crippen molar-refractivity contribution in [1.29, 1.82) is 0 Å². The van der Waals surface area contributed by atoms with E-state index in [4.69, 9.17) is 9.26 Å². The number of hydrogen-bond acceptors (Lipinski definition) is 5. The number of benzene rings is 1. The minimum absolute atomic E-state index is 0.197. The van der Waals surface area contributed by atoms with E-state index in [1.165, 1.54) is 5.56 Å². The molecule has 1 heterocycles. The molecule has 0 spiro atoms. The topological polar surface area (TPSA) is 48.2 Å². The van der Waals surface area contributed by atoms with Gasteiger partial charge in [0.1, 0.15) is 5.75 Å². The molecule has 0 N–H and O–H groups in total. The predicted molar refractivity (Wildman–Crippen MR) is 76.6 cm³/mol. The van der Waals surface area contributed by atoms with E-state index in [1.807, 2.05) is 31.2 Å². The summed E-state index contributed by atoms with van der Waals surface area (Å²) in [6, 6.07) is 8.08. The van der Waals surface area contributed by atoms with Crippen molar-refractivity contribution in [2.75, 3.05) is 12.4 Å². The zero-order chi connectivity index (χ0) is 13.7. The van der Waals surface area contributed by atoms with Gasteiger partial charge in [0.25, 0.3) is 0 Å². The normalized spacial score (nSPS) is 12.4. The summed E-state index contributed by atoms with van der Waals surface area (Å²) in [5, 5.41) is 3.99. The van der Waals surface area contributed by atoms with Crippen LogP contribution in [0.25, 0.3) is 0 Å². The molecule has 2 rings (SSSR count). The minimum Gasteiger partial charge on any atom is -0.493 e. The Labute approximate surface area is 117 Å². The van der Waals surface area contributed by atoms with E-state index in [0.29, 0.717) is 18.3 Å². The van der Waals surface area contributed by atoms with Crippen LogP contribution in [0.15, 0.2) is 28.8 Å². The van der Waals surface area contributed by atoms with E-state index in [9.17, 15) is 0 Å². The van der Waals surface area contributed by atoms with Crippen molar-refractivity contribution in [3.63, 3.8) is 0 Å². The summed E-state index contributed by atoms with van der Waals surface area (Å²) in [5.41, 5.74) is 1.24. The van der Waals surface area contributed by atoms with Crippen molar-refractivity contribution < 1.29 is 9.26 Å². The number of nitrogens with zero attached hydrogens (tertiary/aromatic N) is 2. The number of thioether (sulfide) groups is 1. The molecule has 0 aliphatic heterocycles. The first-order valence-corrected chi connectivity index (χ1v) is 7.31. The molecule has 1 atom stereocenters. The Balaban J connectivity index is 1.70. The van der Waals surface area contributed by atoms with Crippen LogP contribution in [-0.2, 0) is 0 Å². The molecule has 1 aromatic carbocycles. The Bertz CT molecular complexity index is 510. The summed E-state index contributed by atoms with van der Waals surface area (Å²) in [7, 11) is 0. The quantitative estimate of drug-likeness (QED) is 0.756. The summed E-state index contributed by atoms with van der Waals surface area (Å²) >= 11 is 1.74. The molecule has 0 aliphatic rings. The second kappa shape index (κ2) is 6.61. The average Bonchev–Trinajstić information content (AvgIpc) is 2.83. The van der Waals surface area contributed by atoms with Crippen LogP contribution in [-0.4, -0.2) is 22.5 Å². The molecule has 2 aromatic rings. The first-order valence-electron chi connectivity index (χ1n) is 6.26. The summed E-state index contributed by atoms with van der Waals surface area (Å²) in [5.74, 6) is 3.15. The number of aromatic nitrogens is 2. The molecular weight excluding hydrogens is 260 g/mol. The van der Waals surface area contributed by atoms with Gasteiger partial charge in [-0.25, -0.2) is 0 Å². The summed E-state index contributed by atoms with van der Waals surface area (Å²) in [6.07, 6.45) is 0. The van der Waals surface area contributed by atoms with Crippen LogP contribution in [0.4, 0.5) is 0 Å². The third-order valence-electron chi connectivity index (χ3n) is 2.63. The van der Waals surface area contributed by atoms with Crippen LogP contribution in [0.2, 0.25) is 0 Å². The van der Waals surface area contributed by atoms with Crippen LogP contribution in [0.1, 0.15) is 29.5 Å². The van der Waals surface area contributed by atoms with Crippen LogP contribution in [0, 0.1) is 13.8 Å². The van der Waals surface area contributed by atoms with Crippen LogP contribution < -0.4 is 4.74 Å². The Morgan fingerprint density at radius 3 is 2.63 bits per heavy atom. The van der Waals surface area contributed by atoms with E-state index < -0.39 is 0 Å². The molecule has 0 aliphatic carbocycles. The Morgan fingerprint density at radius 1 is 1.26 bits per heavy atom. The molecular formula is C14H18N2O2S. The van der Waals surface area contributed by atoms with Crippen LogP contribution >= 0.6 is 11.8 Å². The SMILES string of the molecule is Cc1ccc(OCCS[C@@H](C)c2nc(C)no2)cc1. The summed E-state index contributed by atoms with van der Waals surface area (Å²) < 4.78 is 10.8. The smallest absolute Gasteiger partial charge is 0.239 e. The van der Waals surface area contributed by atoms with E-state index in [1.54, 1.807) is 11.8 Å². The third kappa shape index (κ3) is 4.28. The van der Waals surface area contributed by atoms with Crippen molar-refractivity contribution in [3.05, 3.63) is 41.5 Å². The van der Waals surface area contributed by atoms with Gasteiger partial charge in [0.05, 0.1) is 11.9 Å². The standard InChI is InChI=1S/C14H18N2O2S/c1-10-4-6-13(7-5-10)17-8-9-19-11(2)14-15-12(3)16-18-14/h4-7,11H,8-9H2,1-3H3/t11-/m0/s1. The average molecular weight is 278 g/mol. The van der Waals surface area contributed by atoms with E-state index in [-0.39, 0.29) is 5.25 Å². The first-order chi connectivity index (χ1) is 9.15. The fraction of sp³-hybridized carbons (Fsp3) is 0.429. The highest BCUT2D eigenvalue weighted by atomic mass is 32.2. The largest absolute Gasteiger partial charge is 0.493 e. The van der Waals surface area contributed by atoms with Gasteiger partial charge in [-0.1, -0.05) is 22.9 Å². The lowest BCUT2D eigenvalue weighted by Gasteiger charge is -2.08. The van der Waals surface area contributed by atoms with E-state index in [0.717, 1.165) is 11.5 Å². The first kappa shape index (κ1) is 13.9. The fourth-order valence-corrected chi connectivity index (χ4v) is 2.34. The van der Waals surface area contributed by atoms with Crippen LogP contribution in [0.5, 0.6) is 5.75 Å². The molecule has 4 nitrogen and oxygen atoms in total. The van der Waals surface area contributed by atoms with Crippen molar-refractivity contribution in [2.24, 2.45) is 0 Å². The maximum atomic E-state index is 5.66. The molecule has 0 saturated heterocycles. The zero-order valence-electron chi connectivity index (χ0n) is 11.4. The van der Waals surface area contributed by atoms with Gasteiger partial charge in [0, 0.05) is 5.75 Å². The van der Waals surface area contributed by atoms with Gasteiger partial charge >= 0.3 is 0 Å². The Morgan fingerprint density at radius 2 is 2.00 bits per heavy atom. The maximum Gasteiger partial charge on any atom is 0.239 e. The number of ether oxygens (including phenoxy) is 1. The van der Waals surface area contributed by atoms with Crippen molar-refractivity contribution in [2.45, 2.75) is 26.0 Å². The van der Waals surface area contributed by atoms with Crippen molar-refractivity contribution in [3.8, 4) is 5.75 Å². The number of rotatable bonds is 6. The third-order valence-corrected chi connectivity index (χ3v) is 3.74. The number of hydrogen-bond donors (Lipinski definition) is 0. The van der Waals surface area contributed by atoms with Gasteiger partial charge in [0.2, 0.25) is 5.89 Å². The lowest BCUT2D eigenvalue weighted by atomic mass is 10.2. The van der Waals surface area contributed by atoms with Gasteiger partial charge in [0.15, 0.2) is 5.82 Å². The fourth-order valence-electron chi connectivity index (χ4n) is 1.57. The maximum absolute atomic E-state index is 5.66. The molecule has 0 radical (unpaired) electrons. The highest BCUT2D eigenvalue weighted by Gasteiger charge is 2.12. The highest BCUT2D eigenvalue weighted by molar-refractivity contribution is 7.99. The molecule has 0 saturated carbocycles. The lowest BCUT2D eigenvalue weighted by Crippen LogP contribution is -2.02. The van der Waals surface area contributed by atoms with E-state index >= 15 is 0 Å². The molecule has 0 bridgehead atoms. The van der Waals surface area contributed by atoms with Gasteiger partial charge in [-0.2, -0.15) is 4.98 Å². The van der Waals surface area contributed by atoms with Gasteiger partial charge in [-0.15, -0.1) is 11.8 Å². The van der Waals surface area contributed by atoms with Crippen molar-refractivity contribution >= 4 is 11.8 Å². The summed E-state index contributed by atoms with van der Waals surface area (Å²) in [6.45, 7) is 6.62. The zero-order valence-corrected chi connectivity index (χ0v) is 12.2. The Hall–Kier alpha value is -1.49. The molecule has 102 valence electrons. The van der Waals surface area contributed by atoms with Crippen molar-refractivity contribution in [1.82, 2.24) is 10.1 Å². The van der Waals surface area contributed by atoms with Gasteiger partial charge in [-0.05, 0) is 32.9 Å².